The van der Waals surface area contributed by atoms with Crippen molar-refractivity contribution < 1.29 is 9.85 Å². The summed E-state index contributed by atoms with van der Waals surface area (Å²) in [4.78, 5) is 20.6. The molecule has 0 radical (unpaired) electrons. The van der Waals surface area contributed by atoms with Crippen molar-refractivity contribution in [3.05, 3.63) is 44.0 Å². The van der Waals surface area contributed by atoms with Gasteiger partial charge in [-0.25, -0.2) is 0 Å². The largest absolute Gasteiger partial charge is 0.314 e. The highest BCUT2D eigenvalue weighted by molar-refractivity contribution is 5.49. The van der Waals surface area contributed by atoms with Gasteiger partial charge in [0.25, 0.3) is 11.4 Å². The lowest BCUT2D eigenvalue weighted by Gasteiger charge is -2.21. The molecule has 0 aliphatic rings. The minimum Gasteiger partial charge on any atom is -0.314 e. The van der Waals surface area contributed by atoms with Gasteiger partial charge in [0.2, 0.25) is 0 Å². The smallest absolute Gasteiger partial charge is 0.279 e. The third-order valence-electron chi connectivity index (χ3n) is 3.59. The maximum atomic E-state index is 11.1. The number of non-ortho nitro benzene ring substituents is 1. The van der Waals surface area contributed by atoms with E-state index in [0.717, 1.165) is 19.0 Å². The quantitative estimate of drug-likeness (QED) is 0.587. The van der Waals surface area contributed by atoms with Crippen LogP contribution in [-0.2, 0) is 6.42 Å². The Morgan fingerprint density at radius 3 is 2.38 bits per heavy atom. The van der Waals surface area contributed by atoms with E-state index < -0.39 is 9.85 Å². The van der Waals surface area contributed by atoms with E-state index in [1.165, 1.54) is 12.1 Å². The molecule has 1 aromatic carbocycles. The van der Waals surface area contributed by atoms with Crippen molar-refractivity contribution in [3.63, 3.8) is 0 Å². The van der Waals surface area contributed by atoms with Gasteiger partial charge >= 0.3 is 0 Å². The minimum atomic E-state index is -0.619. The topological polar surface area (TPSA) is 98.3 Å². The van der Waals surface area contributed by atoms with Crippen LogP contribution in [0.5, 0.6) is 0 Å². The molecule has 0 fully saturated rings. The molecule has 2 atom stereocenters. The Labute approximate surface area is 123 Å². The summed E-state index contributed by atoms with van der Waals surface area (Å²) in [7, 11) is 0. The summed E-state index contributed by atoms with van der Waals surface area (Å²) in [6, 6.07) is 4.06. The van der Waals surface area contributed by atoms with Crippen LogP contribution in [0, 0.1) is 26.1 Å². The Bertz CT molecular complexity index is 519. The van der Waals surface area contributed by atoms with E-state index >= 15 is 0 Å². The molecule has 1 N–H and O–H groups in total. The molecule has 0 saturated heterocycles. The number of nitrogens with one attached hydrogen (secondary N) is 1. The van der Waals surface area contributed by atoms with Crippen LogP contribution in [0.25, 0.3) is 0 Å². The first kappa shape index (κ1) is 17.0. The van der Waals surface area contributed by atoms with Crippen molar-refractivity contribution in [3.8, 4) is 0 Å². The van der Waals surface area contributed by atoms with Crippen molar-refractivity contribution in [1.29, 1.82) is 0 Å². The van der Waals surface area contributed by atoms with Gasteiger partial charge in [0.05, 0.1) is 15.9 Å². The van der Waals surface area contributed by atoms with Crippen molar-refractivity contribution in [2.24, 2.45) is 5.92 Å². The van der Waals surface area contributed by atoms with E-state index in [1.54, 1.807) is 0 Å². The Hall–Kier alpha value is -2.02. The molecular weight excluding hydrogens is 274 g/mol. The predicted molar refractivity (Wildman–Crippen MR) is 80.4 cm³/mol. The number of nitrogens with zero attached hydrogens (tertiary/aromatic N) is 2. The predicted octanol–water partition coefficient (Wildman–Crippen LogP) is 3.07. The van der Waals surface area contributed by atoms with Crippen LogP contribution >= 0.6 is 0 Å². The van der Waals surface area contributed by atoms with Crippen LogP contribution in [0.2, 0.25) is 0 Å². The molecule has 0 saturated carbocycles. The van der Waals surface area contributed by atoms with Gasteiger partial charge in [-0.15, -0.1) is 0 Å². The summed E-state index contributed by atoms with van der Waals surface area (Å²) in [6.07, 6.45) is 1.53. The fraction of sp³-hybridized carbons (Fsp3) is 0.571. The summed E-state index contributed by atoms with van der Waals surface area (Å²) in [5.74, 6) is 0.191. The van der Waals surface area contributed by atoms with Crippen LogP contribution in [-0.4, -0.2) is 22.4 Å². The van der Waals surface area contributed by atoms with Gasteiger partial charge in [0.15, 0.2) is 0 Å². The molecule has 1 aromatic rings. The molecule has 2 unspecified atom stereocenters. The average Bonchev–Trinajstić information content (AvgIpc) is 2.44. The molecule has 0 amide bonds. The second-order valence-electron chi connectivity index (χ2n) is 5.25. The summed E-state index contributed by atoms with van der Waals surface area (Å²) in [5, 5.41) is 25.1. The molecule has 7 nitrogen and oxygen atoms in total. The average molecular weight is 295 g/mol. The summed E-state index contributed by atoms with van der Waals surface area (Å²) >= 11 is 0. The number of nitro benzene ring substituents is 2. The summed E-state index contributed by atoms with van der Waals surface area (Å²) < 4.78 is 0. The van der Waals surface area contributed by atoms with Gasteiger partial charge in [-0.05, 0) is 38.3 Å². The second-order valence-corrected chi connectivity index (χ2v) is 5.25. The Morgan fingerprint density at radius 1 is 1.19 bits per heavy atom. The summed E-state index contributed by atoms with van der Waals surface area (Å²) in [6.45, 7) is 7.02. The van der Waals surface area contributed by atoms with Gasteiger partial charge in [-0.1, -0.05) is 13.8 Å². The van der Waals surface area contributed by atoms with E-state index in [4.69, 9.17) is 0 Å². The molecule has 0 aliphatic heterocycles. The molecule has 7 heteroatoms. The zero-order valence-electron chi connectivity index (χ0n) is 12.5. The molecular formula is C14H21N3O4. The molecule has 0 heterocycles. The van der Waals surface area contributed by atoms with Crippen molar-refractivity contribution >= 4 is 11.4 Å². The van der Waals surface area contributed by atoms with E-state index in [0.29, 0.717) is 12.0 Å². The molecule has 0 spiro atoms. The first-order valence-corrected chi connectivity index (χ1v) is 7.01. The van der Waals surface area contributed by atoms with Crippen LogP contribution in [0.15, 0.2) is 18.2 Å². The molecule has 1 rings (SSSR count). The van der Waals surface area contributed by atoms with Gasteiger partial charge in [-0.3, -0.25) is 20.2 Å². The van der Waals surface area contributed by atoms with Crippen LogP contribution in [0.3, 0.4) is 0 Å². The van der Waals surface area contributed by atoms with E-state index in [-0.39, 0.29) is 23.3 Å². The SMILES string of the molecule is CCCNC(C)C(C)Cc1ccc([N+](=O)[O-])cc1[N+](=O)[O-]. The number of hydrogen-bond acceptors (Lipinski definition) is 5. The van der Waals surface area contributed by atoms with Crippen molar-refractivity contribution in [1.82, 2.24) is 5.32 Å². The Morgan fingerprint density at radius 2 is 1.86 bits per heavy atom. The van der Waals surface area contributed by atoms with E-state index in [2.05, 4.69) is 12.2 Å². The lowest BCUT2D eigenvalue weighted by Crippen LogP contribution is -2.33. The van der Waals surface area contributed by atoms with E-state index in [9.17, 15) is 20.2 Å². The fourth-order valence-corrected chi connectivity index (χ4v) is 2.11. The first-order chi connectivity index (χ1) is 9.86. The number of rotatable bonds is 8. The zero-order valence-corrected chi connectivity index (χ0v) is 12.5. The third kappa shape index (κ3) is 4.78. The minimum absolute atomic E-state index is 0.182. The Balaban J connectivity index is 2.92. The van der Waals surface area contributed by atoms with Crippen LogP contribution < -0.4 is 5.32 Å². The first-order valence-electron chi connectivity index (χ1n) is 7.01. The highest BCUT2D eigenvalue weighted by Gasteiger charge is 2.22. The third-order valence-corrected chi connectivity index (χ3v) is 3.59. The normalized spacial score (nSPS) is 13.7. The van der Waals surface area contributed by atoms with Crippen molar-refractivity contribution in [2.75, 3.05) is 6.54 Å². The van der Waals surface area contributed by atoms with Gasteiger partial charge < -0.3 is 5.32 Å². The van der Waals surface area contributed by atoms with Crippen LogP contribution in [0.4, 0.5) is 11.4 Å². The molecule has 21 heavy (non-hydrogen) atoms. The highest BCUT2D eigenvalue weighted by Crippen LogP contribution is 2.27. The molecule has 0 bridgehead atoms. The molecule has 0 aliphatic carbocycles. The summed E-state index contributed by atoms with van der Waals surface area (Å²) in [5.41, 5.74) is 0.0947. The molecule has 0 aromatic heterocycles. The number of hydrogen-bond donors (Lipinski definition) is 1. The molecule has 116 valence electrons. The van der Waals surface area contributed by atoms with Crippen molar-refractivity contribution in [2.45, 2.75) is 39.7 Å². The van der Waals surface area contributed by atoms with Gasteiger partial charge in [0, 0.05) is 17.7 Å². The lowest BCUT2D eigenvalue weighted by molar-refractivity contribution is -0.394. The monoisotopic (exact) mass is 295 g/mol. The second kappa shape index (κ2) is 7.68. The number of benzene rings is 1. The highest BCUT2D eigenvalue weighted by atomic mass is 16.6. The van der Waals surface area contributed by atoms with Gasteiger partial charge in [0.1, 0.15) is 0 Å². The van der Waals surface area contributed by atoms with Gasteiger partial charge in [-0.2, -0.15) is 0 Å². The standard InChI is InChI=1S/C14H21N3O4/c1-4-7-15-11(3)10(2)8-12-5-6-13(16(18)19)9-14(12)17(20)21/h5-6,9-11,15H,4,7-8H2,1-3H3. The van der Waals surface area contributed by atoms with Crippen LogP contribution in [0.1, 0.15) is 32.8 Å². The fourth-order valence-electron chi connectivity index (χ4n) is 2.11. The zero-order chi connectivity index (χ0) is 16.0. The lowest BCUT2D eigenvalue weighted by atomic mass is 9.93. The number of nitro groups is 2. The maximum absolute atomic E-state index is 11.1. The Kier molecular flexibility index (Phi) is 6.23. The van der Waals surface area contributed by atoms with E-state index in [1.807, 2.05) is 13.8 Å². The maximum Gasteiger partial charge on any atom is 0.279 e.